The molecule has 0 aliphatic heterocycles. The van der Waals surface area contributed by atoms with Gasteiger partial charge >= 0.3 is 0 Å². The van der Waals surface area contributed by atoms with Gasteiger partial charge in [0.25, 0.3) is 0 Å². The molecule has 0 saturated heterocycles. The van der Waals surface area contributed by atoms with Gasteiger partial charge in [0.05, 0.1) is 5.76 Å². The van der Waals surface area contributed by atoms with Gasteiger partial charge < -0.3 is 12.0 Å². The first-order valence-electron chi connectivity index (χ1n) is 4.43. The first-order chi connectivity index (χ1) is 5.33. The van der Waals surface area contributed by atoms with Crippen LogP contribution in [-0.4, -0.2) is 5.11 Å². The number of aliphatic hydroxyl groups excluding tert-OH is 1. The molecule has 0 fully saturated rings. The molecule has 1 N–H and O–H groups in total. The van der Waals surface area contributed by atoms with Crippen LogP contribution in [0.5, 0.6) is 0 Å². The van der Waals surface area contributed by atoms with Crippen LogP contribution in [0.25, 0.3) is 0 Å². The first-order valence-corrected chi connectivity index (χ1v) is 4.43. The van der Waals surface area contributed by atoms with Crippen LogP contribution in [0.15, 0.2) is 11.8 Å². The summed E-state index contributed by atoms with van der Waals surface area (Å²) in [6.07, 6.45) is 6.51. The van der Waals surface area contributed by atoms with Gasteiger partial charge in [0.15, 0.2) is 0 Å². The van der Waals surface area contributed by atoms with Crippen molar-refractivity contribution >= 4 is 0 Å². The van der Waals surface area contributed by atoms with Crippen molar-refractivity contribution in [3.8, 4) is 0 Å². The molecule has 0 aromatic carbocycles. The van der Waals surface area contributed by atoms with E-state index in [4.69, 9.17) is 5.11 Å². The molecule has 0 aromatic rings. The zero-order valence-electron chi connectivity index (χ0n) is 8.34. The van der Waals surface area contributed by atoms with E-state index < -0.39 is 0 Å². The molecule has 12 heavy (non-hydrogen) atoms. The average molecular weight is 221 g/mol. The summed E-state index contributed by atoms with van der Waals surface area (Å²) in [7, 11) is 0. The second-order valence-corrected chi connectivity index (χ2v) is 2.72. The third-order valence-electron chi connectivity index (χ3n) is 1.96. The minimum absolute atomic E-state index is 0. The van der Waals surface area contributed by atoms with Crippen LogP contribution >= 0.6 is 0 Å². The molecule has 1 aliphatic carbocycles. The summed E-state index contributed by atoms with van der Waals surface area (Å²) in [6, 6.07) is 0. The molecule has 0 amide bonds. The quantitative estimate of drug-likeness (QED) is 0.530. The zero-order chi connectivity index (χ0) is 8.69. The summed E-state index contributed by atoms with van der Waals surface area (Å²) in [4.78, 5) is 0. The number of aliphatic hydroxyl groups is 1. The molecule has 1 nitrogen and oxygen atoms in total. The fourth-order valence-corrected chi connectivity index (χ4v) is 1.31. The maximum Gasteiger partial charge on any atom is 0.0885 e. The molecule has 0 saturated carbocycles. The van der Waals surface area contributed by atoms with Gasteiger partial charge in [0, 0.05) is 25.9 Å². The molecule has 1 rings (SSSR count). The molecule has 0 heterocycles. The summed E-state index contributed by atoms with van der Waals surface area (Å²) in [5.41, 5.74) is 0. The Balaban J connectivity index is 0. The van der Waals surface area contributed by atoms with Crippen LogP contribution in [0.1, 0.15) is 39.5 Å². The third-order valence-corrected chi connectivity index (χ3v) is 1.96. The van der Waals surface area contributed by atoms with Crippen molar-refractivity contribution in [3.63, 3.8) is 0 Å². The first kappa shape index (κ1) is 14.7. The second kappa shape index (κ2) is 9.25. The number of hydrogen-bond acceptors (Lipinski definition) is 1. The van der Waals surface area contributed by atoms with Crippen molar-refractivity contribution in [2.45, 2.75) is 39.5 Å². The number of hydrogen-bond donors (Lipinski definition) is 1. The molecule has 0 aromatic heterocycles. The summed E-state index contributed by atoms with van der Waals surface area (Å²) in [6.45, 7) is 7.17. The third kappa shape index (κ3) is 5.77. The van der Waals surface area contributed by atoms with Gasteiger partial charge in [-0.1, -0.05) is 6.92 Å². The molecule has 68 valence electrons. The normalized spacial score (nSPS) is 21.2. The Morgan fingerprint density at radius 3 is 2.50 bits per heavy atom. The smallest absolute Gasteiger partial charge is 0.0885 e. The van der Waals surface area contributed by atoms with E-state index in [2.05, 4.69) is 13.8 Å². The van der Waals surface area contributed by atoms with Crippen LogP contribution < -0.4 is 0 Å². The second-order valence-electron chi connectivity index (χ2n) is 2.72. The van der Waals surface area contributed by atoms with E-state index in [9.17, 15) is 0 Å². The van der Waals surface area contributed by atoms with E-state index in [1.807, 2.05) is 6.08 Å². The Kier molecular flexibility index (Phi) is 11.3. The van der Waals surface area contributed by atoms with Crippen molar-refractivity contribution in [2.24, 2.45) is 5.92 Å². The molecule has 0 spiro atoms. The Morgan fingerprint density at radius 1 is 1.58 bits per heavy atom. The number of allylic oxidation sites excluding steroid dienone is 2. The number of rotatable bonds is 1. The molecule has 1 aliphatic rings. The molecule has 0 unspecified atom stereocenters. The minimum atomic E-state index is 0. The summed E-state index contributed by atoms with van der Waals surface area (Å²) in [5, 5.41) is 9.07. The molecular weight excluding hydrogens is 201 g/mol. The monoisotopic (exact) mass is 219 g/mol. The van der Waals surface area contributed by atoms with E-state index in [-0.39, 0.29) is 19.5 Å². The average Bonchev–Trinajstić information content (AvgIpc) is 2.08. The Bertz CT molecular complexity index is 121. The van der Waals surface area contributed by atoms with E-state index in [1.54, 1.807) is 6.92 Å². The zero-order valence-corrected chi connectivity index (χ0v) is 11.3. The fourth-order valence-electron chi connectivity index (χ4n) is 1.31. The van der Waals surface area contributed by atoms with Gasteiger partial charge in [-0.15, -0.1) is 0 Å². The van der Waals surface area contributed by atoms with Crippen molar-refractivity contribution in [1.82, 2.24) is 0 Å². The van der Waals surface area contributed by atoms with Crippen LogP contribution in [0, 0.1) is 12.8 Å². The standard InChI is InChI=1S/C8H14O.C2H5.Zn/c1-2-7-4-3-5-8(9)6-7;1-2;/h6-7,9H,2-5H2,1H3;1H2,2H3;/q;-1;/t7-;;/m1../s1. The van der Waals surface area contributed by atoms with Crippen LogP contribution in [-0.2, 0) is 19.5 Å². The Labute approximate surface area is 89.0 Å². The van der Waals surface area contributed by atoms with Crippen molar-refractivity contribution in [2.75, 3.05) is 0 Å². The van der Waals surface area contributed by atoms with Gasteiger partial charge in [0.1, 0.15) is 0 Å². The van der Waals surface area contributed by atoms with E-state index in [0.29, 0.717) is 11.7 Å². The van der Waals surface area contributed by atoms with Crippen LogP contribution in [0.2, 0.25) is 0 Å². The Morgan fingerprint density at radius 2 is 2.17 bits per heavy atom. The van der Waals surface area contributed by atoms with Gasteiger partial charge in [-0.05, 0) is 31.3 Å². The van der Waals surface area contributed by atoms with E-state index >= 15 is 0 Å². The van der Waals surface area contributed by atoms with Gasteiger partial charge in [-0.2, -0.15) is 6.92 Å². The summed E-state index contributed by atoms with van der Waals surface area (Å²) in [5.74, 6) is 1.26. The van der Waals surface area contributed by atoms with E-state index in [1.165, 1.54) is 19.3 Å². The van der Waals surface area contributed by atoms with Crippen LogP contribution in [0.3, 0.4) is 0 Å². The maximum atomic E-state index is 9.07. The predicted molar refractivity (Wildman–Crippen MR) is 49.4 cm³/mol. The predicted octanol–water partition coefficient (Wildman–Crippen LogP) is 3.48. The topological polar surface area (TPSA) is 20.2 Å². The van der Waals surface area contributed by atoms with Crippen molar-refractivity contribution < 1.29 is 24.6 Å². The van der Waals surface area contributed by atoms with Gasteiger partial charge in [-0.25, -0.2) is 0 Å². The van der Waals surface area contributed by atoms with Crippen molar-refractivity contribution in [3.05, 3.63) is 18.8 Å². The molecule has 1 atom stereocenters. The Hall–Kier alpha value is 0.163. The fraction of sp³-hybridized carbons (Fsp3) is 0.700. The van der Waals surface area contributed by atoms with E-state index in [0.717, 1.165) is 6.42 Å². The van der Waals surface area contributed by atoms with Crippen molar-refractivity contribution in [1.29, 1.82) is 0 Å². The minimum Gasteiger partial charge on any atom is -0.513 e. The van der Waals surface area contributed by atoms with Crippen LogP contribution in [0.4, 0.5) is 0 Å². The molecule has 2 heteroatoms. The SMILES string of the molecule is CC[C@H]1C=C(O)CCC1.[CH2-]C.[Zn]. The largest absolute Gasteiger partial charge is 0.513 e. The summed E-state index contributed by atoms with van der Waals surface area (Å²) >= 11 is 0. The molecular formula is C10H19OZn-. The molecule has 0 radical (unpaired) electrons. The van der Waals surface area contributed by atoms with Gasteiger partial charge in [-0.3, -0.25) is 0 Å². The molecule has 0 bridgehead atoms. The van der Waals surface area contributed by atoms with Gasteiger partial charge in [0.2, 0.25) is 0 Å². The summed E-state index contributed by atoms with van der Waals surface area (Å²) < 4.78 is 0. The maximum absolute atomic E-state index is 9.07.